The van der Waals surface area contributed by atoms with Crippen molar-refractivity contribution in [2.75, 3.05) is 25.0 Å². The van der Waals surface area contributed by atoms with Gasteiger partial charge in [0.05, 0.1) is 18.4 Å². The van der Waals surface area contributed by atoms with Crippen molar-refractivity contribution in [2.45, 2.75) is 32.2 Å². The fraction of sp³-hybridized carbons (Fsp3) is 0.526. The number of ether oxygens (including phenoxy) is 1. The number of benzene rings is 1. The highest BCUT2D eigenvalue weighted by molar-refractivity contribution is 5.99. The zero-order chi connectivity index (χ0) is 19.4. The Balaban J connectivity index is 1.41. The molecule has 2 atom stereocenters. The Kier molecular flexibility index (Phi) is 5.93. The summed E-state index contributed by atoms with van der Waals surface area (Å²) >= 11 is 0. The molecule has 0 radical (unpaired) electrons. The molecule has 2 aliphatic rings. The lowest BCUT2D eigenvalue weighted by Crippen LogP contribution is -2.47. The molecule has 1 aromatic rings. The van der Waals surface area contributed by atoms with Crippen LogP contribution in [0.5, 0.6) is 0 Å². The minimum Gasteiger partial charge on any atom is -0.450 e. The van der Waals surface area contributed by atoms with Gasteiger partial charge in [-0.1, -0.05) is 6.07 Å². The van der Waals surface area contributed by atoms with E-state index in [9.17, 15) is 18.8 Å². The molecule has 3 amide bonds. The van der Waals surface area contributed by atoms with E-state index in [1.165, 1.54) is 18.2 Å². The minimum absolute atomic E-state index is 0.00398. The summed E-state index contributed by atoms with van der Waals surface area (Å²) in [7, 11) is 0. The molecule has 2 unspecified atom stereocenters. The lowest BCUT2D eigenvalue weighted by atomic mass is 10.1. The zero-order valence-electron chi connectivity index (χ0n) is 15.2. The zero-order valence-corrected chi connectivity index (χ0v) is 15.2. The van der Waals surface area contributed by atoms with Gasteiger partial charge in [-0.25, -0.2) is 9.18 Å². The maximum atomic E-state index is 13.2. The summed E-state index contributed by atoms with van der Waals surface area (Å²) < 4.78 is 18.1. The number of hydrogen-bond acceptors (Lipinski definition) is 4. The standard InChI is InChI=1S/C19H24FN3O4/c1-2-27-19(26)23-8-6-13(7-9-23)21-17(24)15-11-16(15)18(25)22-14-5-3-4-12(20)10-14/h3-5,10,13,15-16H,2,6-9,11H2,1H3,(H,21,24)(H,22,25). The molecule has 146 valence electrons. The Hall–Kier alpha value is -2.64. The number of likely N-dealkylation sites (tertiary alicyclic amines) is 1. The van der Waals surface area contributed by atoms with Gasteiger partial charge in [-0.2, -0.15) is 0 Å². The summed E-state index contributed by atoms with van der Waals surface area (Å²) in [5, 5.41) is 5.62. The fourth-order valence-electron chi connectivity index (χ4n) is 3.31. The van der Waals surface area contributed by atoms with Crippen LogP contribution in [0.15, 0.2) is 24.3 Å². The van der Waals surface area contributed by atoms with Gasteiger partial charge in [0.1, 0.15) is 5.82 Å². The van der Waals surface area contributed by atoms with Crippen LogP contribution >= 0.6 is 0 Å². The van der Waals surface area contributed by atoms with Gasteiger partial charge in [0.25, 0.3) is 0 Å². The van der Waals surface area contributed by atoms with E-state index >= 15 is 0 Å². The molecule has 1 aliphatic heterocycles. The molecule has 2 N–H and O–H groups in total. The van der Waals surface area contributed by atoms with Crippen molar-refractivity contribution in [1.82, 2.24) is 10.2 Å². The number of anilines is 1. The normalized spacial score (nSPS) is 22.1. The van der Waals surface area contributed by atoms with Crippen LogP contribution in [0.25, 0.3) is 0 Å². The van der Waals surface area contributed by atoms with Crippen LogP contribution in [0.1, 0.15) is 26.2 Å². The first-order valence-electron chi connectivity index (χ1n) is 9.26. The van der Waals surface area contributed by atoms with Gasteiger partial charge >= 0.3 is 6.09 Å². The molecule has 8 heteroatoms. The minimum atomic E-state index is -0.424. The molecule has 0 spiro atoms. The molecule has 7 nitrogen and oxygen atoms in total. The topological polar surface area (TPSA) is 87.7 Å². The van der Waals surface area contributed by atoms with E-state index in [1.54, 1.807) is 17.9 Å². The first-order chi connectivity index (χ1) is 13.0. The highest BCUT2D eigenvalue weighted by Gasteiger charge is 2.48. The predicted molar refractivity (Wildman–Crippen MR) is 96.4 cm³/mol. The van der Waals surface area contributed by atoms with Crippen LogP contribution in [0.2, 0.25) is 0 Å². The Labute approximate surface area is 157 Å². The van der Waals surface area contributed by atoms with Crippen LogP contribution in [-0.2, 0) is 14.3 Å². The Morgan fingerprint density at radius 1 is 1.19 bits per heavy atom. The summed E-state index contributed by atoms with van der Waals surface area (Å²) in [5.74, 6) is -1.55. The molecule has 1 aromatic carbocycles. The molecule has 2 fully saturated rings. The molecular weight excluding hydrogens is 353 g/mol. The van der Waals surface area contributed by atoms with Crippen molar-refractivity contribution < 1.29 is 23.5 Å². The lowest BCUT2D eigenvalue weighted by molar-refractivity contribution is -0.126. The molecule has 1 aliphatic carbocycles. The van der Waals surface area contributed by atoms with Crippen molar-refractivity contribution in [2.24, 2.45) is 11.8 Å². The number of nitrogens with zero attached hydrogens (tertiary/aromatic N) is 1. The van der Waals surface area contributed by atoms with Crippen molar-refractivity contribution >= 4 is 23.6 Å². The van der Waals surface area contributed by atoms with E-state index in [-0.39, 0.29) is 35.8 Å². The number of carbonyl (C=O) groups is 3. The first-order valence-corrected chi connectivity index (χ1v) is 9.26. The van der Waals surface area contributed by atoms with Crippen molar-refractivity contribution in [3.63, 3.8) is 0 Å². The Morgan fingerprint density at radius 2 is 1.89 bits per heavy atom. The van der Waals surface area contributed by atoms with Crippen LogP contribution in [0.4, 0.5) is 14.9 Å². The number of amides is 3. The fourth-order valence-corrected chi connectivity index (χ4v) is 3.31. The second-order valence-corrected chi connectivity index (χ2v) is 6.92. The van der Waals surface area contributed by atoms with E-state index in [4.69, 9.17) is 4.74 Å². The quantitative estimate of drug-likeness (QED) is 0.823. The molecule has 0 bridgehead atoms. The lowest BCUT2D eigenvalue weighted by Gasteiger charge is -2.31. The number of halogens is 1. The number of carbonyl (C=O) groups excluding carboxylic acids is 3. The van der Waals surface area contributed by atoms with Crippen molar-refractivity contribution in [3.8, 4) is 0 Å². The summed E-state index contributed by atoms with van der Waals surface area (Å²) in [4.78, 5) is 37.9. The van der Waals surface area contributed by atoms with Gasteiger partial charge in [0, 0.05) is 24.8 Å². The van der Waals surface area contributed by atoms with Gasteiger partial charge in [-0.05, 0) is 44.4 Å². The maximum absolute atomic E-state index is 13.2. The third-order valence-electron chi connectivity index (χ3n) is 4.92. The smallest absolute Gasteiger partial charge is 0.409 e. The average Bonchev–Trinajstić information content (AvgIpc) is 3.43. The number of nitrogens with one attached hydrogen (secondary N) is 2. The number of hydrogen-bond donors (Lipinski definition) is 2. The van der Waals surface area contributed by atoms with E-state index in [2.05, 4.69) is 10.6 Å². The molecule has 0 aromatic heterocycles. The maximum Gasteiger partial charge on any atom is 0.409 e. The number of rotatable bonds is 5. The second-order valence-electron chi connectivity index (χ2n) is 6.92. The largest absolute Gasteiger partial charge is 0.450 e. The summed E-state index contributed by atoms with van der Waals surface area (Å²) in [6.07, 6.45) is 1.50. The highest BCUT2D eigenvalue weighted by Crippen LogP contribution is 2.39. The summed E-state index contributed by atoms with van der Waals surface area (Å²) in [5.41, 5.74) is 0.386. The monoisotopic (exact) mass is 377 g/mol. The van der Waals surface area contributed by atoms with Gasteiger partial charge < -0.3 is 20.3 Å². The third-order valence-corrected chi connectivity index (χ3v) is 4.92. The third kappa shape index (κ3) is 4.96. The van der Waals surface area contributed by atoms with Gasteiger partial charge in [-0.3, -0.25) is 9.59 Å². The van der Waals surface area contributed by atoms with Gasteiger partial charge in [0.2, 0.25) is 11.8 Å². The van der Waals surface area contributed by atoms with Gasteiger partial charge in [-0.15, -0.1) is 0 Å². The van der Waals surface area contributed by atoms with Gasteiger partial charge in [0.15, 0.2) is 0 Å². The molecule has 1 saturated carbocycles. The highest BCUT2D eigenvalue weighted by atomic mass is 19.1. The van der Waals surface area contributed by atoms with Crippen LogP contribution < -0.4 is 10.6 Å². The van der Waals surface area contributed by atoms with E-state index in [0.29, 0.717) is 44.6 Å². The summed E-state index contributed by atoms with van der Waals surface area (Å²) in [6.45, 7) is 3.19. The molecule has 1 heterocycles. The van der Waals surface area contributed by atoms with Crippen LogP contribution in [0.3, 0.4) is 0 Å². The molecule has 27 heavy (non-hydrogen) atoms. The SMILES string of the molecule is CCOC(=O)N1CCC(NC(=O)C2CC2C(=O)Nc2cccc(F)c2)CC1. The first kappa shape index (κ1) is 19.1. The molecular formula is C19H24FN3O4. The van der Waals surface area contributed by atoms with Crippen molar-refractivity contribution in [3.05, 3.63) is 30.1 Å². The predicted octanol–water partition coefficient (Wildman–Crippen LogP) is 2.14. The van der Waals surface area contributed by atoms with Crippen molar-refractivity contribution in [1.29, 1.82) is 0 Å². The van der Waals surface area contributed by atoms with E-state index in [1.807, 2.05) is 0 Å². The average molecular weight is 377 g/mol. The molecule has 1 saturated heterocycles. The Morgan fingerprint density at radius 3 is 2.56 bits per heavy atom. The Bertz CT molecular complexity index is 719. The van der Waals surface area contributed by atoms with Crippen LogP contribution in [0, 0.1) is 17.7 Å². The van der Waals surface area contributed by atoms with E-state index < -0.39 is 5.82 Å². The van der Waals surface area contributed by atoms with E-state index in [0.717, 1.165) is 0 Å². The second kappa shape index (κ2) is 8.37. The van der Waals surface area contributed by atoms with Crippen LogP contribution in [-0.4, -0.2) is 48.5 Å². The summed E-state index contributed by atoms with van der Waals surface area (Å²) in [6, 6.07) is 5.67. The number of piperidine rings is 1. The molecule has 3 rings (SSSR count).